The molecule has 1 N–H and O–H groups in total. The first-order chi connectivity index (χ1) is 16.1. The number of aromatic nitrogens is 8. The Morgan fingerprint density at radius 1 is 0.879 bits per heavy atom. The van der Waals surface area contributed by atoms with Crippen LogP contribution in [0.25, 0.3) is 11.4 Å². The number of rotatable bonds is 7. The van der Waals surface area contributed by atoms with Crippen molar-refractivity contribution in [3.05, 3.63) is 95.9 Å². The van der Waals surface area contributed by atoms with Gasteiger partial charge in [0.05, 0.1) is 6.54 Å². The van der Waals surface area contributed by atoms with Crippen LogP contribution < -0.4 is 5.32 Å². The molecule has 33 heavy (non-hydrogen) atoms. The zero-order chi connectivity index (χ0) is 22.6. The Balaban J connectivity index is 1.21. The van der Waals surface area contributed by atoms with Gasteiger partial charge in [-0.1, -0.05) is 54.6 Å². The molecule has 0 bridgehead atoms. The van der Waals surface area contributed by atoms with Gasteiger partial charge in [-0.3, -0.25) is 9.48 Å². The molecule has 164 valence electrons. The van der Waals surface area contributed by atoms with Crippen molar-refractivity contribution < 1.29 is 4.79 Å². The van der Waals surface area contributed by atoms with Gasteiger partial charge in [-0.25, -0.2) is 4.68 Å². The SMILES string of the molecule is Cc1ccccc1Cn1ccc(NC(=O)c2ccn(Cn3nnc(-c4ccccc4)n3)n2)n1. The summed E-state index contributed by atoms with van der Waals surface area (Å²) in [6.07, 6.45) is 3.53. The molecule has 5 aromatic rings. The fraction of sp³-hybridized carbons (Fsp3) is 0.130. The number of hydrogen-bond donors (Lipinski definition) is 1. The van der Waals surface area contributed by atoms with Gasteiger partial charge in [0.2, 0.25) is 5.82 Å². The second kappa shape index (κ2) is 8.87. The molecule has 0 fully saturated rings. The van der Waals surface area contributed by atoms with Crippen molar-refractivity contribution in [2.45, 2.75) is 20.1 Å². The lowest BCUT2D eigenvalue weighted by Crippen LogP contribution is -2.16. The minimum absolute atomic E-state index is 0.234. The Morgan fingerprint density at radius 3 is 2.52 bits per heavy atom. The van der Waals surface area contributed by atoms with E-state index in [-0.39, 0.29) is 18.3 Å². The van der Waals surface area contributed by atoms with E-state index in [0.717, 1.165) is 5.56 Å². The molecular formula is C23H21N9O. The van der Waals surface area contributed by atoms with Crippen molar-refractivity contribution in [1.82, 2.24) is 39.8 Å². The molecule has 10 nitrogen and oxygen atoms in total. The van der Waals surface area contributed by atoms with Crippen molar-refractivity contribution in [3.63, 3.8) is 0 Å². The van der Waals surface area contributed by atoms with Crippen molar-refractivity contribution in [2.75, 3.05) is 5.32 Å². The number of tetrazole rings is 1. The Hall–Kier alpha value is -4.60. The first-order valence-corrected chi connectivity index (χ1v) is 10.4. The van der Waals surface area contributed by atoms with E-state index in [9.17, 15) is 4.79 Å². The van der Waals surface area contributed by atoms with Crippen molar-refractivity contribution >= 4 is 11.7 Å². The third-order valence-electron chi connectivity index (χ3n) is 5.11. The highest BCUT2D eigenvalue weighted by atomic mass is 16.2. The van der Waals surface area contributed by atoms with Gasteiger partial charge < -0.3 is 5.32 Å². The van der Waals surface area contributed by atoms with E-state index >= 15 is 0 Å². The van der Waals surface area contributed by atoms with Crippen LogP contribution in [0.4, 0.5) is 5.82 Å². The number of benzene rings is 2. The van der Waals surface area contributed by atoms with Gasteiger partial charge in [-0.15, -0.1) is 15.0 Å². The highest BCUT2D eigenvalue weighted by Gasteiger charge is 2.13. The highest BCUT2D eigenvalue weighted by molar-refractivity contribution is 6.02. The van der Waals surface area contributed by atoms with Gasteiger partial charge in [-0.05, 0) is 29.3 Å². The molecule has 10 heteroatoms. The summed E-state index contributed by atoms with van der Waals surface area (Å²) in [5.74, 6) is 0.655. The second-order valence-electron chi connectivity index (χ2n) is 7.51. The third-order valence-corrected chi connectivity index (χ3v) is 5.11. The summed E-state index contributed by atoms with van der Waals surface area (Å²) >= 11 is 0. The number of anilines is 1. The van der Waals surface area contributed by atoms with Gasteiger partial charge in [0.15, 0.2) is 18.2 Å². The van der Waals surface area contributed by atoms with Gasteiger partial charge in [0.1, 0.15) is 0 Å². The molecule has 3 aromatic heterocycles. The maximum atomic E-state index is 12.6. The Bertz CT molecular complexity index is 1380. The molecule has 0 saturated carbocycles. The zero-order valence-corrected chi connectivity index (χ0v) is 17.9. The average Bonchev–Trinajstić information content (AvgIpc) is 3.58. The number of amides is 1. The smallest absolute Gasteiger partial charge is 0.277 e. The first kappa shape index (κ1) is 20.3. The lowest BCUT2D eigenvalue weighted by molar-refractivity contribution is 0.102. The van der Waals surface area contributed by atoms with Crippen molar-refractivity contribution in [3.8, 4) is 11.4 Å². The summed E-state index contributed by atoms with van der Waals surface area (Å²) in [5, 5.41) is 24.0. The molecule has 0 aliphatic carbocycles. The van der Waals surface area contributed by atoms with Crippen LogP contribution in [0.1, 0.15) is 21.6 Å². The zero-order valence-electron chi connectivity index (χ0n) is 17.9. The van der Waals surface area contributed by atoms with E-state index in [0.29, 0.717) is 18.2 Å². The predicted octanol–water partition coefficient (Wildman–Crippen LogP) is 2.85. The fourth-order valence-corrected chi connectivity index (χ4v) is 3.36. The maximum absolute atomic E-state index is 12.6. The summed E-state index contributed by atoms with van der Waals surface area (Å²) < 4.78 is 3.36. The molecular weight excluding hydrogens is 418 g/mol. The summed E-state index contributed by atoms with van der Waals surface area (Å²) in [4.78, 5) is 14.0. The quantitative estimate of drug-likeness (QED) is 0.418. The number of nitrogens with one attached hydrogen (secondary N) is 1. The number of carbonyl (C=O) groups excluding carboxylic acids is 1. The molecule has 0 aliphatic rings. The molecule has 0 unspecified atom stereocenters. The van der Waals surface area contributed by atoms with Gasteiger partial charge in [0, 0.05) is 24.0 Å². The van der Waals surface area contributed by atoms with Crippen molar-refractivity contribution in [2.24, 2.45) is 0 Å². The number of carbonyl (C=O) groups is 1. The van der Waals surface area contributed by atoms with Gasteiger partial charge >= 0.3 is 0 Å². The molecule has 2 aromatic carbocycles. The Labute approximate surface area is 189 Å². The van der Waals surface area contributed by atoms with E-state index < -0.39 is 0 Å². The Morgan fingerprint density at radius 2 is 1.67 bits per heavy atom. The molecule has 1 amide bonds. The van der Waals surface area contributed by atoms with Crippen LogP contribution in [0.3, 0.4) is 0 Å². The largest absolute Gasteiger partial charge is 0.304 e. The van der Waals surface area contributed by atoms with Crippen LogP contribution in [0, 0.1) is 6.92 Å². The van der Waals surface area contributed by atoms with E-state index in [1.54, 1.807) is 27.7 Å². The maximum Gasteiger partial charge on any atom is 0.277 e. The third kappa shape index (κ3) is 4.69. The van der Waals surface area contributed by atoms with Gasteiger partial charge in [-0.2, -0.15) is 10.2 Å². The number of hydrogen-bond acceptors (Lipinski definition) is 6. The molecule has 0 aliphatic heterocycles. The Kier molecular flexibility index (Phi) is 5.46. The molecule has 0 radical (unpaired) electrons. The molecule has 0 atom stereocenters. The van der Waals surface area contributed by atoms with Crippen LogP contribution >= 0.6 is 0 Å². The minimum Gasteiger partial charge on any atom is -0.304 e. The minimum atomic E-state index is -0.341. The van der Waals surface area contributed by atoms with Crippen LogP contribution in [0.2, 0.25) is 0 Å². The average molecular weight is 439 g/mol. The highest BCUT2D eigenvalue weighted by Crippen LogP contribution is 2.13. The van der Waals surface area contributed by atoms with E-state index in [4.69, 9.17) is 0 Å². The van der Waals surface area contributed by atoms with Crippen molar-refractivity contribution in [1.29, 1.82) is 0 Å². The molecule has 3 heterocycles. The summed E-state index contributed by atoms with van der Waals surface area (Å²) in [7, 11) is 0. The summed E-state index contributed by atoms with van der Waals surface area (Å²) in [6, 6.07) is 21.1. The van der Waals surface area contributed by atoms with E-state index in [1.807, 2.05) is 48.7 Å². The second-order valence-corrected chi connectivity index (χ2v) is 7.51. The van der Waals surface area contributed by atoms with Crippen LogP contribution in [0.5, 0.6) is 0 Å². The van der Waals surface area contributed by atoms with E-state index in [1.165, 1.54) is 15.9 Å². The molecule has 0 spiro atoms. The van der Waals surface area contributed by atoms with Crippen LogP contribution in [0.15, 0.2) is 79.1 Å². The lowest BCUT2D eigenvalue weighted by Gasteiger charge is -2.05. The summed E-state index contributed by atoms with van der Waals surface area (Å²) in [5.41, 5.74) is 3.52. The summed E-state index contributed by atoms with van der Waals surface area (Å²) in [6.45, 7) is 2.93. The number of nitrogens with zero attached hydrogens (tertiary/aromatic N) is 8. The fourth-order valence-electron chi connectivity index (χ4n) is 3.36. The monoisotopic (exact) mass is 439 g/mol. The number of aryl methyl sites for hydroxylation is 1. The standard InChI is InChI=1S/C23H21N9O/c1-17-7-5-6-10-19(17)15-30-14-12-21(27-30)24-23(33)20-11-13-31(26-20)16-32-28-22(25-29-32)18-8-3-2-4-9-18/h2-14H,15-16H2,1H3,(H,24,27,33). The first-order valence-electron chi connectivity index (χ1n) is 10.4. The van der Waals surface area contributed by atoms with Gasteiger partial charge in [0.25, 0.3) is 5.91 Å². The molecule has 5 rings (SSSR count). The van der Waals surface area contributed by atoms with Crippen LogP contribution in [-0.4, -0.2) is 45.7 Å². The topological polar surface area (TPSA) is 108 Å². The predicted molar refractivity (Wildman–Crippen MR) is 121 cm³/mol. The lowest BCUT2D eigenvalue weighted by atomic mass is 10.1. The normalized spacial score (nSPS) is 10.9. The van der Waals surface area contributed by atoms with E-state index in [2.05, 4.69) is 50.0 Å². The van der Waals surface area contributed by atoms with Crippen LogP contribution in [-0.2, 0) is 13.2 Å². The molecule has 0 saturated heterocycles.